The van der Waals surface area contributed by atoms with Gasteiger partial charge in [-0.15, -0.1) is 0 Å². The molecule has 6 heteroatoms. The quantitative estimate of drug-likeness (QED) is 0.0321. The molecule has 0 heterocycles. The first-order valence-electron chi connectivity index (χ1n) is 30.9. The molecule has 0 saturated carbocycles. The van der Waals surface area contributed by atoms with Gasteiger partial charge in [0.15, 0.2) is 0 Å². The third kappa shape index (κ3) is 55.1. The van der Waals surface area contributed by atoms with Gasteiger partial charge in [-0.25, -0.2) is 0 Å². The summed E-state index contributed by atoms with van der Waals surface area (Å²) in [5.41, 5.74) is 0. The smallest absolute Gasteiger partial charge is 0.305 e. The summed E-state index contributed by atoms with van der Waals surface area (Å²) in [5, 5.41) is 23.1. The minimum Gasteiger partial charge on any atom is -0.466 e. The van der Waals surface area contributed by atoms with Crippen molar-refractivity contribution < 1.29 is 24.5 Å². The van der Waals surface area contributed by atoms with Crippen LogP contribution in [0.25, 0.3) is 0 Å². The summed E-state index contributed by atoms with van der Waals surface area (Å²) in [6, 6.07) is -0.636. The van der Waals surface area contributed by atoms with E-state index in [0.717, 1.165) is 64.2 Å². The third-order valence-corrected chi connectivity index (χ3v) is 14.1. The first-order chi connectivity index (χ1) is 34.5. The van der Waals surface area contributed by atoms with Crippen LogP contribution in [0.2, 0.25) is 0 Å². The lowest BCUT2D eigenvalue weighted by atomic mass is 10.0. The number of allylic oxidation sites excluding steroid dienone is 7. The van der Waals surface area contributed by atoms with Gasteiger partial charge in [0, 0.05) is 12.8 Å². The second-order valence-corrected chi connectivity index (χ2v) is 21.0. The van der Waals surface area contributed by atoms with E-state index in [4.69, 9.17) is 4.74 Å². The van der Waals surface area contributed by atoms with Gasteiger partial charge in [-0.05, 0) is 89.9 Å². The Morgan fingerprint density at radius 1 is 0.400 bits per heavy atom. The van der Waals surface area contributed by atoms with Gasteiger partial charge in [-0.2, -0.15) is 0 Å². The topological polar surface area (TPSA) is 95.9 Å². The average Bonchev–Trinajstić information content (AvgIpc) is 3.36. The zero-order valence-corrected chi connectivity index (χ0v) is 46.7. The van der Waals surface area contributed by atoms with Crippen molar-refractivity contribution in [3.05, 3.63) is 48.6 Å². The number of unbranched alkanes of at least 4 members (excludes halogenated alkanes) is 40. The van der Waals surface area contributed by atoms with Crippen molar-refractivity contribution in [2.24, 2.45) is 0 Å². The normalized spacial score (nSPS) is 12.9. The number of esters is 1. The molecule has 0 aliphatic rings. The Balaban J connectivity index is 3.48. The molecule has 0 spiro atoms. The molecule has 1 amide bonds. The maximum absolute atomic E-state index is 12.5. The lowest BCUT2D eigenvalue weighted by molar-refractivity contribution is -0.143. The summed E-state index contributed by atoms with van der Waals surface area (Å²) in [5.74, 6) is -0.0801. The van der Waals surface area contributed by atoms with Gasteiger partial charge in [-0.3, -0.25) is 9.59 Å². The Bertz CT molecular complexity index is 1180. The van der Waals surface area contributed by atoms with Gasteiger partial charge in [0.25, 0.3) is 0 Å². The summed E-state index contributed by atoms with van der Waals surface area (Å²) in [7, 11) is 0. The van der Waals surface area contributed by atoms with Crippen molar-refractivity contribution >= 4 is 11.9 Å². The summed E-state index contributed by atoms with van der Waals surface area (Å²) in [4.78, 5) is 24.5. The predicted molar refractivity (Wildman–Crippen MR) is 306 cm³/mol. The summed E-state index contributed by atoms with van der Waals surface area (Å²) >= 11 is 0. The number of ether oxygens (including phenoxy) is 1. The van der Waals surface area contributed by atoms with Gasteiger partial charge in [-0.1, -0.05) is 268 Å². The van der Waals surface area contributed by atoms with E-state index in [2.05, 4.69) is 55.6 Å². The highest BCUT2D eigenvalue weighted by Gasteiger charge is 2.18. The van der Waals surface area contributed by atoms with Crippen LogP contribution in [-0.4, -0.2) is 47.4 Å². The van der Waals surface area contributed by atoms with Crippen LogP contribution in [0.15, 0.2) is 48.6 Å². The molecule has 410 valence electrons. The largest absolute Gasteiger partial charge is 0.466 e. The second kappa shape index (κ2) is 59.4. The fourth-order valence-electron chi connectivity index (χ4n) is 9.31. The zero-order valence-electron chi connectivity index (χ0n) is 46.7. The molecule has 0 fully saturated rings. The molecule has 0 radical (unpaired) electrons. The van der Waals surface area contributed by atoms with E-state index in [1.165, 1.54) is 231 Å². The summed E-state index contributed by atoms with van der Waals surface area (Å²) in [6.07, 6.45) is 75.7. The van der Waals surface area contributed by atoms with E-state index < -0.39 is 12.1 Å². The van der Waals surface area contributed by atoms with Crippen molar-refractivity contribution in [3.8, 4) is 0 Å². The van der Waals surface area contributed by atoms with E-state index in [-0.39, 0.29) is 18.5 Å². The minimum absolute atomic E-state index is 0.00236. The van der Waals surface area contributed by atoms with Crippen LogP contribution in [0.4, 0.5) is 0 Å². The summed E-state index contributed by atoms with van der Waals surface area (Å²) < 4.78 is 5.47. The monoisotopic (exact) mass is 982 g/mol. The Kier molecular flexibility index (Phi) is 57.5. The molecule has 0 aromatic heterocycles. The van der Waals surface area contributed by atoms with Gasteiger partial charge in [0.05, 0.1) is 25.4 Å². The maximum atomic E-state index is 12.5. The van der Waals surface area contributed by atoms with Crippen LogP contribution < -0.4 is 5.32 Å². The van der Waals surface area contributed by atoms with Crippen LogP contribution in [0.5, 0.6) is 0 Å². The Morgan fingerprint density at radius 3 is 1.10 bits per heavy atom. The number of aliphatic hydroxyl groups is 2. The van der Waals surface area contributed by atoms with Crippen LogP contribution in [0, 0.1) is 0 Å². The molecule has 0 aromatic rings. The number of aliphatic hydroxyl groups excluding tert-OH is 2. The molecule has 0 aromatic carbocycles. The maximum Gasteiger partial charge on any atom is 0.305 e. The van der Waals surface area contributed by atoms with Gasteiger partial charge in [0.2, 0.25) is 5.91 Å². The van der Waals surface area contributed by atoms with Crippen molar-refractivity contribution in [1.82, 2.24) is 5.32 Å². The number of rotatable bonds is 57. The highest BCUT2D eigenvalue weighted by molar-refractivity contribution is 5.76. The average molecular weight is 983 g/mol. The van der Waals surface area contributed by atoms with Gasteiger partial charge < -0.3 is 20.3 Å². The van der Waals surface area contributed by atoms with E-state index >= 15 is 0 Å². The minimum atomic E-state index is -0.852. The first kappa shape index (κ1) is 67.8. The van der Waals surface area contributed by atoms with Gasteiger partial charge >= 0.3 is 5.97 Å². The van der Waals surface area contributed by atoms with Crippen molar-refractivity contribution in [2.45, 2.75) is 334 Å². The molecule has 2 unspecified atom stereocenters. The Morgan fingerprint density at radius 2 is 0.714 bits per heavy atom. The molecule has 0 aliphatic heterocycles. The highest BCUT2D eigenvalue weighted by atomic mass is 16.5. The molecule has 2 atom stereocenters. The van der Waals surface area contributed by atoms with E-state index in [9.17, 15) is 19.8 Å². The molecule has 0 rings (SSSR count). The number of carbonyl (C=O) groups excluding carboxylic acids is 2. The van der Waals surface area contributed by atoms with E-state index in [1.807, 2.05) is 6.08 Å². The van der Waals surface area contributed by atoms with Crippen molar-refractivity contribution in [1.29, 1.82) is 0 Å². The van der Waals surface area contributed by atoms with Crippen molar-refractivity contribution in [3.63, 3.8) is 0 Å². The SMILES string of the molecule is CCCCCCC/C=C\CCCCCCCC(=O)OCCCCCCCCCCC/C=C\C/C=C\CCCCCCCCCC(=O)NC(CO)C(O)/C=C/CCCCCCCCCCCCCCCC. The van der Waals surface area contributed by atoms with Crippen molar-refractivity contribution in [2.75, 3.05) is 13.2 Å². The predicted octanol–water partition coefficient (Wildman–Crippen LogP) is 19.4. The standard InChI is InChI=1S/C64H119NO5/c1-3-5-7-9-11-13-15-17-19-29-32-36-40-44-48-52-56-62(67)61(60-66)65-63(68)57-53-49-45-41-37-33-30-27-25-23-21-20-22-24-26-28-31-35-39-43-47-51-55-59-70-64(69)58-54-50-46-42-38-34-18-16-14-12-10-8-6-4-2/h16,18,20,22-23,25,52,56,61-62,66-67H,3-15,17,19,21,24,26-51,53-55,57-60H2,1-2H3,(H,65,68)/b18-16-,22-20-,25-23-,56-52+. The zero-order chi connectivity index (χ0) is 50.7. The summed E-state index contributed by atoms with van der Waals surface area (Å²) in [6.45, 7) is 4.89. The van der Waals surface area contributed by atoms with Crippen LogP contribution >= 0.6 is 0 Å². The Labute approximate surface area is 436 Å². The third-order valence-electron chi connectivity index (χ3n) is 14.1. The molecule has 0 aliphatic carbocycles. The molecular weight excluding hydrogens is 863 g/mol. The van der Waals surface area contributed by atoms with Crippen LogP contribution in [-0.2, 0) is 14.3 Å². The number of hydrogen-bond donors (Lipinski definition) is 3. The lowest BCUT2D eigenvalue weighted by Crippen LogP contribution is -2.45. The van der Waals surface area contributed by atoms with E-state index in [0.29, 0.717) is 19.4 Å². The number of amides is 1. The molecule has 0 bridgehead atoms. The number of hydrogen-bond acceptors (Lipinski definition) is 5. The highest BCUT2D eigenvalue weighted by Crippen LogP contribution is 2.16. The fourth-order valence-corrected chi connectivity index (χ4v) is 9.31. The number of nitrogens with one attached hydrogen (secondary N) is 1. The first-order valence-corrected chi connectivity index (χ1v) is 30.9. The fraction of sp³-hybridized carbons (Fsp3) is 0.844. The molecule has 6 nitrogen and oxygen atoms in total. The van der Waals surface area contributed by atoms with Crippen LogP contribution in [0.1, 0.15) is 322 Å². The molecule has 0 saturated heterocycles. The van der Waals surface area contributed by atoms with Crippen LogP contribution in [0.3, 0.4) is 0 Å². The number of carbonyl (C=O) groups is 2. The second-order valence-electron chi connectivity index (χ2n) is 21.0. The van der Waals surface area contributed by atoms with Gasteiger partial charge in [0.1, 0.15) is 0 Å². The van der Waals surface area contributed by atoms with E-state index in [1.54, 1.807) is 6.08 Å². The molecule has 70 heavy (non-hydrogen) atoms. The Hall–Kier alpha value is -2.18. The lowest BCUT2D eigenvalue weighted by Gasteiger charge is -2.20. The molecular formula is C64H119NO5. The molecule has 3 N–H and O–H groups in total.